The van der Waals surface area contributed by atoms with Crippen LogP contribution in [0.2, 0.25) is 0 Å². The number of hydrogen-bond acceptors (Lipinski definition) is 3. The highest BCUT2D eigenvalue weighted by atomic mass is 19.1. The van der Waals surface area contributed by atoms with Gasteiger partial charge in [0.15, 0.2) is 0 Å². The number of carbonyl (C=O) groups is 2. The Morgan fingerprint density at radius 3 is 2.50 bits per heavy atom. The number of hydrogen-bond donors (Lipinski definition) is 3. The number of anilines is 1. The van der Waals surface area contributed by atoms with Crippen molar-refractivity contribution >= 4 is 17.5 Å². The van der Waals surface area contributed by atoms with Gasteiger partial charge in [-0.1, -0.05) is 12.8 Å². The van der Waals surface area contributed by atoms with Crippen molar-refractivity contribution in [2.45, 2.75) is 32.1 Å². The number of amides is 2. The summed E-state index contributed by atoms with van der Waals surface area (Å²) >= 11 is 0. The van der Waals surface area contributed by atoms with Gasteiger partial charge in [0.05, 0.1) is 5.56 Å². The molecule has 1 rings (SSSR count). The third-order valence-corrected chi connectivity index (χ3v) is 2.87. The first-order chi connectivity index (χ1) is 9.54. The standard InChI is InChI=1S/C14H20FN3O2/c15-12-7-6-10(9-11(12)14(17)20)18-13(19)5-3-1-2-4-8-16/h6-7,9H,1-5,8,16H2,(H2,17,20)(H,18,19). The molecule has 5 nitrogen and oxygen atoms in total. The molecule has 0 saturated carbocycles. The molecule has 0 saturated heterocycles. The van der Waals surface area contributed by atoms with Crippen molar-refractivity contribution in [1.82, 2.24) is 0 Å². The van der Waals surface area contributed by atoms with Gasteiger partial charge < -0.3 is 16.8 Å². The zero-order valence-corrected chi connectivity index (χ0v) is 11.3. The van der Waals surface area contributed by atoms with Gasteiger partial charge in [0.25, 0.3) is 5.91 Å². The summed E-state index contributed by atoms with van der Waals surface area (Å²) in [6, 6.07) is 3.75. The third-order valence-electron chi connectivity index (χ3n) is 2.87. The molecule has 0 fully saturated rings. The zero-order valence-electron chi connectivity index (χ0n) is 11.3. The van der Waals surface area contributed by atoms with Crippen molar-refractivity contribution in [3.05, 3.63) is 29.6 Å². The smallest absolute Gasteiger partial charge is 0.251 e. The molecular weight excluding hydrogens is 261 g/mol. The number of unbranched alkanes of at least 4 members (excludes halogenated alkanes) is 3. The summed E-state index contributed by atoms with van der Waals surface area (Å²) in [4.78, 5) is 22.7. The van der Waals surface area contributed by atoms with Crippen LogP contribution >= 0.6 is 0 Å². The molecule has 2 amide bonds. The lowest BCUT2D eigenvalue weighted by Crippen LogP contribution is -2.15. The third kappa shape index (κ3) is 5.36. The summed E-state index contributed by atoms with van der Waals surface area (Å²) in [5.74, 6) is -1.72. The molecule has 0 bridgehead atoms. The van der Waals surface area contributed by atoms with E-state index in [0.29, 0.717) is 18.7 Å². The van der Waals surface area contributed by atoms with E-state index in [2.05, 4.69) is 5.32 Å². The SMILES string of the molecule is NCCCCCCC(=O)Nc1ccc(F)c(C(N)=O)c1. The Morgan fingerprint density at radius 1 is 1.15 bits per heavy atom. The van der Waals surface area contributed by atoms with E-state index < -0.39 is 11.7 Å². The molecule has 0 heterocycles. The van der Waals surface area contributed by atoms with Gasteiger partial charge in [-0.25, -0.2) is 4.39 Å². The van der Waals surface area contributed by atoms with E-state index in [-0.39, 0.29) is 11.5 Å². The molecule has 0 aliphatic rings. The second-order valence-electron chi connectivity index (χ2n) is 4.56. The summed E-state index contributed by atoms with van der Waals surface area (Å²) in [6.45, 7) is 0.664. The second kappa shape index (κ2) is 8.27. The quantitative estimate of drug-likeness (QED) is 0.633. The molecule has 6 heteroatoms. The Kier molecular flexibility index (Phi) is 6.66. The first kappa shape index (κ1) is 16.1. The maximum Gasteiger partial charge on any atom is 0.251 e. The van der Waals surface area contributed by atoms with Crippen molar-refractivity contribution in [2.24, 2.45) is 11.5 Å². The van der Waals surface area contributed by atoms with E-state index >= 15 is 0 Å². The van der Waals surface area contributed by atoms with E-state index in [1.807, 2.05) is 0 Å². The minimum absolute atomic E-state index is 0.167. The van der Waals surface area contributed by atoms with Gasteiger partial charge in [-0.2, -0.15) is 0 Å². The van der Waals surface area contributed by atoms with Crippen LogP contribution in [-0.2, 0) is 4.79 Å². The van der Waals surface area contributed by atoms with Crippen LogP contribution in [0, 0.1) is 5.82 Å². The van der Waals surface area contributed by atoms with Crippen LogP contribution in [0.4, 0.5) is 10.1 Å². The largest absolute Gasteiger partial charge is 0.366 e. The van der Waals surface area contributed by atoms with E-state index in [9.17, 15) is 14.0 Å². The fraction of sp³-hybridized carbons (Fsp3) is 0.429. The molecule has 0 spiro atoms. The Morgan fingerprint density at radius 2 is 1.85 bits per heavy atom. The highest BCUT2D eigenvalue weighted by Crippen LogP contribution is 2.15. The molecular formula is C14H20FN3O2. The number of benzene rings is 1. The van der Waals surface area contributed by atoms with Gasteiger partial charge in [0, 0.05) is 12.1 Å². The van der Waals surface area contributed by atoms with Crippen molar-refractivity contribution in [3.63, 3.8) is 0 Å². The molecule has 0 aromatic heterocycles. The predicted octanol–water partition coefficient (Wildman–Crippen LogP) is 1.77. The van der Waals surface area contributed by atoms with E-state index in [4.69, 9.17) is 11.5 Å². The molecule has 20 heavy (non-hydrogen) atoms. The topological polar surface area (TPSA) is 98.2 Å². The lowest BCUT2D eigenvalue weighted by atomic mass is 10.1. The molecule has 110 valence electrons. The summed E-state index contributed by atoms with van der Waals surface area (Å²) in [5, 5.41) is 2.62. The number of nitrogens with one attached hydrogen (secondary N) is 1. The Bertz CT molecular complexity index is 477. The average Bonchev–Trinajstić information content (AvgIpc) is 2.40. The van der Waals surface area contributed by atoms with Gasteiger partial charge in [0.1, 0.15) is 5.82 Å². The summed E-state index contributed by atoms with van der Waals surface area (Å²) in [6.07, 6.45) is 4.07. The molecule has 0 radical (unpaired) electrons. The minimum atomic E-state index is -0.861. The van der Waals surface area contributed by atoms with Gasteiger partial charge >= 0.3 is 0 Å². The van der Waals surface area contributed by atoms with Crippen molar-refractivity contribution in [3.8, 4) is 0 Å². The Labute approximate surface area is 117 Å². The molecule has 5 N–H and O–H groups in total. The van der Waals surface area contributed by atoms with Crippen LogP contribution in [0.5, 0.6) is 0 Å². The van der Waals surface area contributed by atoms with Crippen LogP contribution < -0.4 is 16.8 Å². The van der Waals surface area contributed by atoms with Crippen LogP contribution in [-0.4, -0.2) is 18.4 Å². The maximum atomic E-state index is 13.3. The van der Waals surface area contributed by atoms with E-state index in [0.717, 1.165) is 31.7 Å². The van der Waals surface area contributed by atoms with Crippen LogP contribution in [0.1, 0.15) is 42.5 Å². The number of rotatable bonds is 8. The minimum Gasteiger partial charge on any atom is -0.366 e. The van der Waals surface area contributed by atoms with Gasteiger partial charge in [0.2, 0.25) is 5.91 Å². The molecule has 0 atom stereocenters. The summed E-state index contributed by atoms with van der Waals surface area (Å²) in [7, 11) is 0. The summed E-state index contributed by atoms with van der Waals surface area (Å²) in [5.41, 5.74) is 10.6. The zero-order chi connectivity index (χ0) is 15.0. The van der Waals surface area contributed by atoms with Gasteiger partial charge in [-0.3, -0.25) is 9.59 Å². The first-order valence-electron chi connectivity index (χ1n) is 6.64. The highest BCUT2D eigenvalue weighted by Gasteiger charge is 2.10. The van der Waals surface area contributed by atoms with Crippen molar-refractivity contribution in [1.29, 1.82) is 0 Å². The van der Waals surface area contributed by atoms with Crippen LogP contribution in [0.3, 0.4) is 0 Å². The number of nitrogens with two attached hydrogens (primary N) is 2. The molecule has 1 aromatic rings. The Balaban J connectivity index is 2.46. The Hall–Kier alpha value is -1.95. The van der Waals surface area contributed by atoms with Gasteiger partial charge in [-0.05, 0) is 37.6 Å². The average molecular weight is 281 g/mol. The molecule has 0 aliphatic heterocycles. The second-order valence-corrected chi connectivity index (χ2v) is 4.56. The fourth-order valence-corrected chi connectivity index (χ4v) is 1.80. The van der Waals surface area contributed by atoms with E-state index in [1.54, 1.807) is 0 Å². The van der Waals surface area contributed by atoms with Gasteiger partial charge in [-0.15, -0.1) is 0 Å². The van der Waals surface area contributed by atoms with Crippen LogP contribution in [0.25, 0.3) is 0 Å². The highest BCUT2D eigenvalue weighted by molar-refractivity contribution is 5.96. The number of carbonyl (C=O) groups excluding carboxylic acids is 2. The predicted molar refractivity (Wildman–Crippen MR) is 75.7 cm³/mol. The van der Waals surface area contributed by atoms with E-state index in [1.165, 1.54) is 12.1 Å². The molecule has 0 unspecified atom stereocenters. The van der Waals surface area contributed by atoms with Crippen molar-refractivity contribution in [2.75, 3.05) is 11.9 Å². The monoisotopic (exact) mass is 281 g/mol. The lowest BCUT2D eigenvalue weighted by Gasteiger charge is -2.07. The fourth-order valence-electron chi connectivity index (χ4n) is 1.80. The van der Waals surface area contributed by atoms with Crippen molar-refractivity contribution < 1.29 is 14.0 Å². The molecule has 1 aromatic carbocycles. The number of halogens is 1. The lowest BCUT2D eigenvalue weighted by molar-refractivity contribution is -0.116. The normalized spacial score (nSPS) is 10.3. The summed E-state index contributed by atoms with van der Waals surface area (Å²) < 4.78 is 13.3. The maximum absolute atomic E-state index is 13.3. The molecule has 0 aliphatic carbocycles. The van der Waals surface area contributed by atoms with Crippen LogP contribution in [0.15, 0.2) is 18.2 Å². The number of primary amides is 1. The first-order valence-corrected chi connectivity index (χ1v) is 6.64.